The Morgan fingerprint density at radius 2 is 2.11 bits per heavy atom. The number of anilines is 1. The zero-order valence-corrected chi connectivity index (χ0v) is 12.4. The third kappa shape index (κ3) is 2.35. The van der Waals surface area contributed by atoms with Gasteiger partial charge in [-0.2, -0.15) is 0 Å². The molecule has 0 amide bonds. The third-order valence-electron chi connectivity index (χ3n) is 3.76. The van der Waals surface area contributed by atoms with Crippen LogP contribution >= 0.6 is 15.9 Å². The lowest BCUT2D eigenvalue weighted by Gasteiger charge is -2.17. The first-order valence-corrected chi connectivity index (χ1v) is 7.28. The fourth-order valence-electron chi connectivity index (χ4n) is 2.76. The molecule has 0 heterocycles. The molecule has 3 rings (SSSR count). The van der Waals surface area contributed by atoms with Crippen LogP contribution in [0.2, 0.25) is 0 Å². The standard InChI is InChI=1S/C16H16BrNO/c1-10-9-11(17)5-7-14(10)18-15-8-6-13-12(15)3-2-4-16(13)19/h2-5,7,9,15,18-19H,6,8H2,1H3. The van der Waals surface area contributed by atoms with Crippen LogP contribution in [0.25, 0.3) is 0 Å². The first kappa shape index (κ1) is 12.5. The van der Waals surface area contributed by atoms with Gasteiger partial charge in [-0.05, 0) is 60.7 Å². The number of rotatable bonds is 2. The number of fused-ring (bicyclic) bond motifs is 1. The van der Waals surface area contributed by atoms with Gasteiger partial charge < -0.3 is 10.4 Å². The topological polar surface area (TPSA) is 32.3 Å². The SMILES string of the molecule is Cc1cc(Br)ccc1NC1CCc2c(O)cccc21. The summed E-state index contributed by atoms with van der Waals surface area (Å²) in [5.74, 6) is 0.425. The fraction of sp³-hybridized carbons (Fsp3) is 0.250. The van der Waals surface area contributed by atoms with Gasteiger partial charge in [0.25, 0.3) is 0 Å². The monoisotopic (exact) mass is 317 g/mol. The van der Waals surface area contributed by atoms with E-state index in [9.17, 15) is 5.11 Å². The van der Waals surface area contributed by atoms with Crippen LogP contribution in [0, 0.1) is 6.92 Å². The lowest BCUT2D eigenvalue weighted by atomic mass is 10.1. The van der Waals surface area contributed by atoms with Crippen LogP contribution in [0.3, 0.4) is 0 Å². The van der Waals surface area contributed by atoms with Crippen LogP contribution in [-0.2, 0) is 6.42 Å². The number of halogens is 1. The summed E-state index contributed by atoms with van der Waals surface area (Å²) in [6.07, 6.45) is 1.97. The number of hydrogen-bond acceptors (Lipinski definition) is 2. The van der Waals surface area contributed by atoms with E-state index in [0.717, 1.165) is 28.6 Å². The molecule has 2 aromatic carbocycles. The fourth-order valence-corrected chi connectivity index (χ4v) is 3.24. The maximum absolute atomic E-state index is 9.87. The van der Waals surface area contributed by atoms with Crippen LogP contribution in [0.15, 0.2) is 40.9 Å². The highest BCUT2D eigenvalue weighted by Gasteiger charge is 2.24. The molecular formula is C16H16BrNO. The second-order valence-electron chi connectivity index (χ2n) is 5.04. The zero-order chi connectivity index (χ0) is 13.4. The van der Waals surface area contributed by atoms with Crippen LogP contribution in [0.1, 0.15) is 29.2 Å². The van der Waals surface area contributed by atoms with Gasteiger partial charge in [0.2, 0.25) is 0 Å². The lowest BCUT2D eigenvalue weighted by molar-refractivity contribution is 0.469. The Labute approximate surface area is 121 Å². The van der Waals surface area contributed by atoms with E-state index in [2.05, 4.69) is 46.4 Å². The number of nitrogens with one attached hydrogen (secondary N) is 1. The number of benzene rings is 2. The van der Waals surface area contributed by atoms with E-state index in [4.69, 9.17) is 0 Å². The van der Waals surface area contributed by atoms with Crippen molar-refractivity contribution in [1.82, 2.24) is 0 Å². The molecule has 0 saturated carbocycles. The zero-order valence-electron chi connectivity index (χ0n) is 10.8. The highest BCUT2D eigenvalue weighted by molar-refractivity contribution is 9.10. The van der Waals surface area contributed by atoms with E-state index in [0.29, 0.717) is 11.8 Å². The molecule has 2 N–H and O–H groups in total. The Balaban J connectivity index is 1.89. The van der Waals surface area contributed by atoms with E-state index in [1.54, 1.807) is 6.07 Å². The third-order valence-corrected chi connectivity index (χ3v) is 4.26. The van der Waals surface area contributed by atoms with Gasteiger partial charge >= 0.3 is 0 Å². The Morgan fingerprint density at radius 3 is 2.89 bits per heavy atom. The van der Waals surface area contributed by atoms with Gasteiger partial charge in [-0.1, -0.05) is 28.1 Å². The van der Waals surface area contributed by atoms with Crippen molar-refractivity contribution in [3.8, 4) is 5.75 Å². The van der Waals surface area contributed by atoms with Crippen molar-refractivity contribution >= 4 is 21.6 Å². The van der Waals surface area contributed by atoms with Gasteiger partial charge in [0, 0.05) is 10.2 Å². The van der Waals surface area contributed by atoms with Gasteiger partial charge in [-0.25, -0.2) is 0 Å². The molecule has 0 spiro atoms. The molecule has 1 unspecified atom stereocenters. The van der Waals surface area contributed by atoms with E-state index >= 15 is 0 Å². The molecule has 1 atom stereocenters. The molecule has 19 heavy (non-hydrogen) atoms. The Bertz CT molecular complexity index is 624. The Hall–Kier alpha value is -1.48. The van der Waals surface area contributed by atoms with Crippen LogP contribution in [0.5, 0.6) is 5.75 Å². The predicted octanol–water partition coefficient (Wildman–Crippen LogP) is 4.56. The van der Waals surface area contributed by atoms with Crippen molar-refractivity contribution in [2.24, 2.45) is 0 Å². The summed E-state index contributed by atoms with van der Waals surface area (Å²) < 4.78 is 1.10. The number of hydrogen-bond donors (Lipinski definition) is 2. The lowest BCUT2D eigenvalue weighted by Crippen LogP contribution is -2.08. The Morgan fingerprint density at radius 1 is 1.26 bits per heavy atom. The van der Waals surface area contributed by atoms with Gasteiger partial charge in [-0.3, -0.25) is 0 Å². The average molecular weight is 318 g/mol. The second-order valence-corrected chi connectivity index (χ2v) is 5.96. The molecule has 1 aliphatic rings. The van der Waals surface area contributed by atoms with E-state index in [1.165, 1.54) is 11.1 Å². The molecule has 0 saturated heterocycles. The van der Waals surface area contributed by atoms with Gasteiger partial charge in [0.05, 0.1) is 6.04 Å². The highest BCUT2D eigenvalue weighted by atomic mass is 79.9. The molecule has 2 nitrogen and oxygen atoms in total. The molecule has 0 aliphatic heterocycles. The van der Waals surface area contributed by atoms with Gasteiger partial charge in [0.1, 0.15) is 5.75 Å². The van der Waals surface area contributed by atoms with Crippen LogP contribution in [-0.4, -0.2) is 5.11 Å². The van der Waals surface area contributed by atoms with Gasteiger partial charge in [0.15, 0.2) is 0 Å². The highest BCUT2D eigenvalue weighted by Crippen LogP contribution is 2.38. The molecular weight excluding hydrogens is 302 g/mol. The maximum Gasteiger partial charge on any atom is 0.119 e. The first-order valence-electron chi connectivity index (χ1n) is 6.48. The summed E-state index contributed by atoms with van der Waals surface area (Å²) in [6, 6.07) is 12.3. The molecule has 98 valence electrons. The Kier molecular flexibility index (Phi) is 3.23. The van der Waals surface area contributed by atoms with E-state index < -0.39 is 0 Å². The molecule has 0 bridgehead atoms. The van der Waals surface area contributed by atoms with Crippen molar-refractivity contribution in [2.75, 3.05) is 5.32 Å². The maximum atomic E-state index is 9.87. The summed E-state index contributed by atoms with van der Waals surface area (Å²) in [6.45, 7) is 2.10. The number of phenolic OH excluding ortho intramolecular Hbond substituents is 1. The second kappa shape index (κ2) is 4.89. The van der Waals surface area contributed by atoms with Crippen molar-refractivity contribution < 1.29 is 5.11 Å². The summed E-state index contributed by atoms with van der Waals surface area (Å²) >= 11 is 3.48. The minimum atomic E-state index is 0.293. The van der Waals surface area contributed by atoms with Crippen LogP contribution in [0.4, 0.5) is 5.69 Å². The number of aromatic hydroxyl groups is 1. The van der Waals surface area contributed by atoms with Crippen LogP contribution < -0.4 is 5.32 Å². The van der Waals surface area contributed by atoms with E-state index in [1.807, 2.05) is 12.1 Å². The molecule has 3 heteroatoms. The summed E-state index contributed by atoms with van der Waals surface area (Å²) in [5.41, 5.74) is 4.70. The van der Waals surface area contributed by atoms with Crippen molar-refractivity contribution in [2.45, 2.75) is 25.8 Å². The molecule has 1 aliphatic carbocycles. The average Bonchev–Trinajstić information content (AvgIpc) is 2.78. The largest absolute Gasteiger partial charge is 0.508 e. The summed E-state index contributed by atoms with van der Waals surface area (Å²) in [5, 5.41) is 13.5. The number of phenols is 1. The minimum absolute atomic E-state index is 0.293. The molecule has 0 fully saturated rings. The minimum Gasteiger partial charge on any atom is -0.508 e. The molecule has 0 aromatic heterocycles. The normalized spacial score (nSPS) is 17.3. The summed E-state index contributed by atoms with van der Waals surface area (Å²) in [7, 11) is 0. The van der Waals surface area contributed by atoms with Crippen molar-refractivity contribution in [3.63, 3.8) is 0 Å². The van der Waals surface area contributed by atoms with Gasteiger partial charge in [-0.15, -0.1) is 0 Å². The number of aryl methyl sites for hydroxylation is 1. The van der Waals surface area contributed by atoms with Crippen molar-refractivity contribution in [1.29, 1.82) is 0 Å². The van der Waals surface area contributed by atoms with Crippen molar-refractivity contribution in [3.05, 3.63) is 57.6 Å². The predicted molar refractivity (Wildman–Crippen MR) is 81.7 cm³/mol. The first-order chi connectivity index (χ1) is 9.15. The molecule has 0 radical (unpaired) electrons. The molecule has 2 aromatic rings. The summed E-state index contributed by atoms with van der Waals surface area (Å²) in [4.78, 5) is 0. The smallest absolute Gasteiger partial charge is 0.119 e. The van der Waals surface area contributed by atoms with E-state index in [-0.39, 0.29) is 0 Å². The quantitative estimate of drug-likeness (QED) is 0.850.